The molecular formula is C8H18P7-. The van der Waals surface area contributed by atoms with Crippen LogP contribution in [-0.2, 0) is 10.3 Å². The molecule has 0 saturated heterocycles. The summed E-state index contributed by atoms with van der Waals surface area (Å²) in [5.74, 6) is 0. The third kappa shape index (κ3) is 1.65. The molecule has 0 saturated carbocycles. The van der Waals surface area contributed by atoms with Crippen molar-refractivity contribution in [3.63, 3.8) is 0 Å². The summed E-state index contributed by atoms with van der Waals surface area (Å²) in [6.07, 6.45) is 2.65. The maximum absolute atomic E-state index is 2.55. The van der Waals surface area contributed by atoms with Crippen LogP contribution in [0.4, 0.5) is 0 Å². The number of hydrogen-bond acceptors (Lipinski definition) is 0. The zero-order valence-corrected chi connectivity index (χ0v) is 16.4. The minimum Gasteiger partial charge on any atom is -0.162 e. The molecule has 4 aromatic heterocycles. The van der Waals surface area contributed by atoms with Crippen molar-refractivity contribution >= 4 is 46.8 Å². The monoisotopic (exact) mass is 331 g/mol. The second-order valence-electron chi connectivity index (χ2n) is 6.08. The lowest BCUT2D eigenvalue weighted by atomic mass is 10.3. The van der Waals surface area contributed by atoms with Gasteiger partial charge in [-0.15, -0.1) is 20.3 Å². The molecule has 4 bridgehead atoms. The third-order valence-electron chi connectivity index (χ3n) is 2.49. The van der Waals surface area contributed by atoms with Crippen LogP contribution < -0.4 is 0 Å². The molecule has 0 spiro atoms. The molecule has 4 aromatic rings. The molecule has 86 valence electrons. The van der Waals surface area contributed by atoms with Crippen LogP contribution in [-0.4, -0.2) is 0 Å². The second-order valence-corrected chi connectivity index (χ2v) is 46.8. The highest BCUT2D eigenvalue weighted by Crippen LogP contribution is 3.13. The first-order valence-corrected chi connectivity index (χ1v) is 20.5. The molecule has 15 heavy (non-hydrogen) atoms. The highest BCUT2D eigenvalue weighted by Gasteiger charge is 2.29. The van der Waals surface area contributed by atoms with Gasteiger partial charge in [0.05, 0.1) is 0 Å². The van der Waals surface area contributed by atoms with Gasteiger partial charge in [0.2, 0.25) is 0 Å². The highest BCUT2D eigenvalue weighted by molar-refractivity contribution is 9.12. The summed E-state index contributed by atoms with van der Waals surface area (Å²) in [4.78, 5) is 0. The molecule has 0 radical (unpaired) electrons. The molecule has 4 unspecified atom stereocenters. The molecule has 0 aliphatic carbocycles. The Bertz CT molecular complexity index is 548. The van der Waals surface area contributed by atoms with Crippen LogP contribution in [0.15, 0.2) is 0 Å². The summed E-state index contributed by atoms with van der Waals surface area (Å²) < 4.78 is 0. The highest BCUT2D eigenvalue weighted by atomic mass is 33.2. The lowest BCUT2D eigenvalue weighted by Crippen LogP contribution is -1.98. The van der Waals surface area contributed by atoms with Gasteiger partial charge in [0.25, 0.3) is 0 Å². The summed E-state index contributed by atoms with van der Waals surface area (Å²) in [7, 11) is 2.07. The first-order chi connectivity index (χ1) is 6.73. The lowest BCUT2D eigenvalue weighted by Gasteiger charge is -2.26. The van der Waals surface area contributed by atoms with Crippen LogP contribution in [0.25, 0.3) is 0 Å². The van der Waals surface area contributed by atoms with E-state index in [1.807, 2.05) is 0 Å². The van der Waals surface area contributed by atoms with E-state index in [0.29, 0.717) is 39.3 Å². The van der Waals surface area contributed by atoms with E-state index in [1.54, 1.807) is 0 Å². The van der Waals surface area contributed by atoms with Gasteiger partial charge in [-0.1, -0.05) is 41.5 Å². The third-order valence-corrected chi connectivity index (χ3v) is 90.9. The SMILES string of the molecule is CC(C)(C)p1p2[p-]p3p1p3p2C(C)(C)C. The molecule has 7 heteroatoms. The molecule has 4 rings (SSSR count). The number of hydrogen-bond donors (Lipinski definition) is 0. The van der Waals surface area contributed by atoms with Crippen LogP contribution in [0.2, 0.25) is 0 Å². The first-order valence-electron chi connectivity index (χ1n) is 5.25. The van der Waals surface area contributed by atoms with Gasteiger partial charge in [-0.25, -0.2) is 0 Å². The fourth-order valence-electron chi connectivity index (χ4n) is 1.93. The normalized spacial score (nSPS) is 23.1. The largest absolute Gasteiger partial charge is 0.162 e. The molecular weight excluding hydrogens is 313 g/mol. The van der Waals surface area contributed by atoms with Crippen molar-refractivity contribution in [1.29, 1.82) is 0 Å². The summed E-state index contributed by atoms with van der Waals surface area (Å²) in [5.41, 5.74) is 0. The Morgan fingerprint density at radius 3 is 1.27 bits per heavy atom. The van der Waals surface area contributed by atoms with Gasteiger partial charge < -0.3 is 0 Å². The van der Waals surface area contributed by atoms with Gasteiger partial charge in [-0.05, 0) is 10.3 Å². The summed E-state index contributed by atoms with van der Waals surface area (Å²) in [5, 5.41) is 1.44. The number of rotatable bonds is 0. The maximum Gasteiger partial charge on any atom is -0.0238 e. The Hall–Kier alpha value is 2.10. The van der Waals surface area contributed by atoms with E-state index in [4.69, 9.17) is 0 Å². The van der Waals surface area contributed by atoms with Gasteiger partial charge in [0.15, 0.2) is 0 Å². The quantitative estimate of drug-likeness (QED) is 0.386. The van der Waals surface area contributed by atoms with Crippen molar-refractivity contribution in [3.8, 4) is 0 Å². The molecule has 0 aromatic carbocycles. The topological polar surface area (TPSA) is 0 Å². The van der Waals surface area contributed by atoms with Crippen molar-refractivity contribution in [3.05, 3.63) is 0 Å². The summed E-state index contributed by atoms with van der Waals surface area (Å²) in [6.45, 7) is 16.4. The van der Waals surface area contributed by atoms with E-state index in [9.17, 15) is 0 Å². The van der Waals surface area contributed by atoms with E-state index in [2.05, 4.69) is 49.1 Å². The summed E-state index contributed by atoms with van der Waals surface area (Å²) >= 11 is 0. The second kappa shape index (κ2) is 3.35. The average molecular weight is 331 g/mol. The first kappa shape index (κ1) is 12.2. The molecule has 4 heterocycles. The summed E-state index contributed by atoms with van der Waals surface area (Å²) in [6, 6.07) is 0. The zero-order chi connectivity index (χ0) is 11.2. The van der Waals surface area contributed by atoms with Crippen LogP contribution in [0.3, 0.4) is 0 Å². The molecule has 0 nitrogen and oxygen atoms in total. The minimum atomic E-state index is 0.540. The maximum atomic E-state index is 2.55. The van der Waals surface area contributed by atoms with Gasteiger partial charge in [0, 0.05) is 0 Å². The molecule has 0 amide bonds. The molecule has 0 N–H and O–H groups in total. The molecule has 0 fully saturated rings. The zero-order valence-electron chi connectivity index (χ0n) is 10.1. The van der Waals surface area contributed by atoms with Crippen LogP contribution in [0.5, 0.6) is 0 Å². The van der Waals surface area contributed by atoms with Gasteiger partial charge in [0.1, 0.15) is 0 Å². The van der Waals surface area contributed by atoms with Gasteiger partial charge in [-0.2, -0.15) is 26.5 Å². The minimum absolute atomic E-state index is 0.540. The fraction of sp³-hybridized carbons (Fsp3) is 1.00. The lowest BCUT2D eigenvalue weighted by molar-refractivity contribution is 0.723. The standard InChI is InChI=1S/C8H18P7/c1-7(2,3)10-12-9-13-14(10)15(13)11(12)8(4,5)6/h1-6H3/q-1. The molecule has 0 aliphatic rings. The Morgan fingerprint density at radius 1 is 0.667 bits per heavy atom. The van der Waals surface area contributed by atoms with E-state index in [1.165, 1.54) is 0 Å². The predicted octanol–water partition coefficient (Wildman–Crippen LogP) is 8.91. The average Bonchev–Trinajstić information content (AvgIpc) is 2.48. The Balaban J connectivity index is 2.32. The Kier molecular flexibility index (Phi) is 2.71. The van der Waals surface area contributed by atoms with Crippen molar-refractivity contribution in [2.75, 3.05) is 0 Å². The fourth-order valence-corrected chi connectivity index (χ4v) is 192. The van der Waals surface area contributed by atoms with Crippen molar-refractivity contribution in [1.82, 2.24) is 0 Å². The van der Waals surface area contributed by atoms with Crippen molar-refractivity contribution in [2.24, 2.45) is 0 Å². The smallest absolute Gasteiger partial charge is 0.0238 e. The van der Waals surface area contributed by atoms with E-state index in [0.717, 1.165) is 10.3 Å². The van der Waals surface area contributed by atoms with E-state index in [-0.39, 0.29) is 0 Å². The van der Waals surface area contributed by atoms with Gasteiger partial charge in [-0.3, -0.25) is 0 Å². The van der Waals surface area contributed by atoms with Crippen LogP contribution in [0, 0.1) is 0 Å². The Labute approximate surface area is 98.5 Å². The van der Waals surface area contributed by atoms with Crippen molar-refractivity contribution < 1.29 is 0 Å². The molecule has 0 aliphatic heterocycles. The van der Waals surface area contributed by atoms with Crippen LogP contribution in [0.1, 0.15) is 41.5 Å². The van der Waals surface area contributed by atoms with E-state index >= 15 is 0 Å². The molecule has 4 atom stereocenters. The van der Waals surface area contributed by atoms with E-state index < -0.39 is 0 Å². The Morgan fingerprint density at radius 2 is 1.07 bits per heavy atom. The van der Waals surface area contributed by atoms with Crippen molar-refractivity contribution in [2.45, 2.75) is 51.9 Å². The van der Waals surface area contributed by atoms with Gasteiger partial charge >= 0.3 is 0 Å². The predicted molar refractivity (Wildman–Crippen MR) is 87.6 cm³/mol. The van der Waals surface area contributed by atoms with Crippen LogP contribution >= 0.6 is 46.8 Å².